The number of aryl methyl sites for hydroxylation is 1. The minimum absolute atomic E-state index is 0.0715. The predicted octanol–water partition coefficient (Wildman–Crippen LogP) is 2.04. The molecule has 0 bridgehead atoms. The van der Waals surface area contributed by atoms with Crippen LogP contribution < -0.4 is 14.8 Å². The van der Waals surface area contributed by atoms with Crippen molar-refractivity contribution in [3.63, 3.8) is 0 Å². The van der Waals surface area contributed by atoms with E-state index < -0.39 is 0 Å². The summed E-state index contributed by atoms with van der Waals surface area (Å²) in [5.74, 6) is 1.92. The predicted molar refractivity (Wildman–Crippen MR) is 97.4 cm³/mol. The Bertz CT molecular complexity index is 714. The summed E-state index contributed by atoms with van der Waals surface area (Å²) in [6, 6.07) is 5.27. The van der Waals surface area contributed by atoms with Crippen LogP contribution >= 0.6 is 11.8 Å². The van der Waals surface area contributed by atoms with Crippen LogP contribution in [0.2, 0.25) is 0 Å². The van der Waals surface area contributed by atoms with Crippen molar-refractivity contribution in [1.82, 2.24) is 9.88 Å². The van der Waals surface area contributed by atoms with Gasteiger partial charge in [-0.1, -0.05) is 0 Å². The molecule has 0 fully saturated rings. The van der Waals surface area contributed by atoms with Gasteiger partial charge in [0.05, 0.1) is 32.4 Å². The molecule has 1 aromatic carbocycles. The second-order valence-electron chi connectivity index (χ2n) is 5.49. The molecule has 1 aromatic heterocycles. The lowest BCUT2D eigenvalue weighted by atomic mass is 10.2. The van der Waals surface area contributed by atoms with Crippen molar-refractivity contribution < 1.29 is 19.4 Å². The zero-order chi connectivity index (χ0) is 17.7. The van der Waals surface area contributed by atoms with Gasteiger partial charge in [0.1, 0.15) is 5.69 Å². The average Bonchev–Trinajstić information content (AvgIpc) is 2.93. The number of carbonyl (C=O) groups excluding carboxylic acids is 1. The van der Waals surface area contributed by atoms with Crippen molar-refractivity contribution in [1.29, 1.82) is 0 Å². The first-order chi connectivity index (χ1) is 11.5. The third kappa shape index (κ3) is 3.79. The number of fused-ring (bicyclic) bond motifs is 1. The first-order valence-corrected chi connectivity index (χ1v) is 9.07. The number of aliphatic hydroxyl groups excluding tert-OH is 1. The SMILES string of the molecule is COc1cc2cc(C(=O)N[C@@H](CO)CCSC)n(C)c2cc1OC. The van der Waals surface area contributed by atoms with Crippen molar-refractivity contribution in [3.05, 3.63) is 23.9 Å². The molecule has 1 heterocycles. The van der Waals surface area contributed by atoms with Crippen molar-refractivity contribution in [2.75, 3.05) is 32.8 Å². The number of thioether (sulfide) groups is 1. The second-order valence-corrected chi connectivity index (χ2v) is 6.47. The molecule has 7 heteroatoms. The number of methoxy groups -OCH3 is 2. The van der Waals surface area contributed by atoms with Crippen molar-refractivity contribution in [2.24, 2.45) is 7.05 Å². The summed E-state index contributed by atoms with van der Waals surface area (Å²) in [5, 5.41) is 13.2. The summed E-state index contributed by atoms with van der Waals surface area (Å²) in [7, 11) is 4.99. The van der Waals surface area contributed by atoms with Crippen molar-refractivity contribution >= 4 is 28.6 Å². The van der Waals surface area contributed by atoms with E-state index in [1.165, 1.54) is 0 Å². The van der Waals surface area contributed by atoms with Gasteiger partial charge in [-0.25, -0.2) is 0 Å². The van der Waals surface area contributed by atoms with E-state index in [1.807, 2.05) is 36.1 Å². The third-order valence-corrected chi connectivity index (χ3v) is 4.65. The molecule has 2 rings (SSSR count). The molecule has 0 aliphatic heterocycles. The lowest BCUT2D eigenvalue weighted by Crippen LogP contribution is -2.38. The normalized spacial score (nSPS) is 12.2. The number of rotatable bonds is 8. The number of amides is 1. The maximum atomic E-state index is 12.6. The highest BCUT2D eigenvalue weighted by molar-refractivity contribution is 7.98. The standard InChI is InChI=1S/C17H24N2O4S/c1-19-13-9-16(23-3)15(22-2)8-11(13)7-14(19)17(21)18-12(10-20)5-6-24-4/h7-9,12,20H,5-6,10H2,1-4H3,(H,18,21)/t12-/m1/s1. The summed E-state index contributed by atoms with van der Waals surface area (Å²) < 4.78 is 12.4. The van der Waals surface area contributed by atoms with Crippen LogP contribution in [0.5, 0.6) is 11.5 Å². The van der Waals surface area contributed by atoms with Crippen LogP contribution in [-0.2, 0) is 7.05 Å². The van der Waals surface area contributed by atoms with Gasteiger partial charge in [-0.3, -0.25) is 4.79 Å². The molecule has 2 N–H and O–H groups in total. The van der Waals surface area contributed by atoms with E-state index >= 15 is 0 Å². The van der Waals surface area contributed by atoms with E-state index in [9.17, 15) is 9.90 Å². The zero-order valence-corrected chi connectivity index (χ0v) is 15.3. The molecular weight excluding hydrogens is 328 g/mol. The van der Waals surface area contributed by atoms with Crippen LogP contribution in [0, 0.1) is 0 Å². The molecule has 1 atom stereocenters. The number of ether oxygens (including phenoxy) is 2. The van der Waals surface area contributed by atoms with Crippen LogP contribution in [0.3, 0.4) is 0 Å². The van der Waals surface area contributed by atoms with E-state index in [-0.39, 0.29) is 18.6 Å². The summed E-state index contributed by atoms with van der Waals surface area (Å²) in [5.41, 5.74) is 1.41. The monoisotopic (exact) mass is 352 g/mol. The van der Waals surface area contributed by atoms with E-state index in [0.29, 0.717) is 17.2 Å². The highest BCUT2D eigenvalue weighted by Crippen LogP contribution is 2.33. The Morgan fingerprint density at radius 3 is 2.54 bits per heavy atom. The highest BCUT2D eigenvalue weighted by Gasteiger charge is 2.18. The van der Waals surface area contributed by atoms with Crippen LogP contribution in [0.1, 0.15) is 16.9 Å². The highest BCUT2D eigenvalue weighted by atomic mass is 32.2. The molecule has 2 aromatic rings. The van der Waals surface area contributed by atoms with Gasteiger partial charge >= 0.3 is 0 Å². The van der Waals surface area contributed by atoms with Crippen LogP contribution in [0.25, 0.3) is 10.9 Å². The Morgan fingerprint density at radius 1 is 1.29 bits per heavy atom. The molecule has 0 aliphatic rings. The van der Waals surface area contributed by atoms with Gasteiger partial charge < -0.3 is 24.5 Å². The lowest BCUT2D eigenvalue weighted by Gasteiger charge is -2.16. The molecule has 0 saturated heterocycles. The molecule has 0 radical (unpaired) electrons. The molecule has 6 nitrogen and oxygen atoms in total. The Morgan fingerprint density at radius 2 is 1.96 bits per heavy atom. The number of hydrogen-bond donors (Lipinski definition) is 2. The number of nitrogens with zero attached hydrogens (tertiary/aromatic N) is 1. The molecule has 0 aliphatic carbocycles. The van der Waals surface area contributed by atoms with Gasteiger partial charge in [0.15, 0.2) is 11.5 Å². The number of aliphatic hydroxyl groups is 1. The Balaban J connectivity index is 2.31. The van der Waals surface area contributed by atoms with Crippen molar-refractivity contribution in [3.8, 4) is 11.5 Å². The van der Waals surface area contributed by atoms with Crippen LogP contribution in [0.4, 0.5) is 0 Å². The lowest BCUT2D eigenvalue weighted by molar-refractivity contribution is 0.0907. The summed E-state index contributed by atoms with van der Waals surface area (Å²) in [6.45, 7) is -0.0715. The molecule has 132 valence electrons. The van der Waals surface area contributed by atoms with Crippen LogP contribution in [0.15, 0.2) is 18.2 Å². The fraction of sp³-hybridized carbons (Fsp3) is 0.471. The summed E-state index contributed by atoms with van der Waals surface area (Å²) >= 11 is 1.69. The smallest absolute Gasteiger partial charge is 0.268 e. The van der Waals surface area contributed by atoms with Gasteiger partial charge in [-0.05, 0) is 30.6 Å². The molecule has 1 amide bonds. The number of carbonyl (C=O) groups is 1. The fourth-order valence-corrected chi connectivity index (χ4v) is 3.13. The summed E-state index contributed by atoms with van der Waals surface area (Å²) in [4.78, 5) is 12.6. The number of nitrogens with one attached hydrogen (secondary N) is 1. The molecule has 0 spiro atoms. The maximum absolute atomic E-state index is 12.6. The molecule has 24 heavy (non-hydrogen) atoms. The summed E-state index contributed by atoms with van der Waals surface area (Å²) in [6.07, 6.45) is 2.73. The maximum Gasteiger partial charge on any atom is 0.268 e. The first kappa shape index (κ1) is 18.5. The molecule has 0 saturated carbocycles. The van der Waals surface area contributed by atoms with E-state index in [2.05, 4.69) is 5.32 Å². The van der Waals surface area contributed by atoms with Crippen LogP contribution in [-0.4, -0.2) is 54.5 Å². The largest absolute Gasteiger partial charge is 0.493 e. The van der Waals surface area contributed by atoms with Gasteiger partial charge in [-0.15, -0.1) is 0 Å². The number of aromatic nitrogens is 1. The van der Waals surface area contributed by atoms with Gasteiger partial charge in [-0.2, -0.15) is 11.8 Å². The Hall–Kier alpha value is -1.86. The van der Waals surface area contributed by atoms with Crippen molar-refractivity contribution in [2.45, 2.75) is 12.5 Å². The molecular formula is C17H24N2O4S. The van der Waals surface area contributed by atoms with Gasteiger partial charge in [0.2, 0.25) is 0 Å². The quantitative estimate of drug-likeness (QED) is 0.761. The Labute approximate surface area is 146 Å². The third-order valence-electron chi connectivity index (χ3n) is 4.01. The first-order valence-electron chi connectivity index (χ1n) is 7.67. The van der Waals surface area contributed by atoms with Gasteiger partial charge in [0, 0.05) is 18.5 Å². The van der Waals surface area contributed by atoms with Gasteiger partial charge in [0.25, 0.3) is 5.91 Å². The topological polar surface area (TPSA) is 72.7 Å². The van der Waals surface area contributed by atoms with E-state index in [0.717, 1.165) is 23.1 Å². The van der Waals surface area contributed by atoms with E-state index in [1.54, 1.807) is 26.0 Å². The average molecular weight is 352 g/mol. The number of benzene rings is 1. The Kier molecular flexibility index (Phi) is 6.39. The molecule has 0 unspecified atom stereocenters. The minimum Gasteiger partial charge on any atom is -0.493 e. The van der Waals surface area contributed by atoms with E-state index in [4.69, 9.17) is 9.47 Å². The minimum atomic E-state index is -0.243. The zero-order valence-electron chi connectivity index (χ0n) is 14.5. The fourth-order valence-electron chi connectivity index (χ4n) is 2.61. The number of hydrogen-bond acceptors (Lipinski definition) is 5. The second kappa shape index (κ2) is 8.30.